The molecule has 0 fully saturated rings. The largest absolute Gasteiger partial charge is 0.492 e. The summed E-state index contributed by atoms with van der Waals surface area (Å²) in [5, 5.41) is 2.87. The van der Waals surface area contributed by atoms with Crippen LogP contribution in [0.3, 0.4) is 0 Å². The van der Waals surface area contributed by atoms with Crippen LogP contribution in [-0.4, -0.2) is 37.0 Å². The van der Waals surface area contributed by atoms with Gasteiger partial charge in [0.1, 0.15) is 18.2 Å². The molecule has 2 aromatic carbocycles. The Balaban J connectivity index is 1.42. The summed E-state index contributed by atoms with van der Waals surface area (Å²) >= 11 is 0. The van der Waals surface area contributed by atoms with Crippen molar-refractivity contribution in [3.63, 3.8) is 0 Å². The molecular formula is C23H27FN2O2. The molecule has 0 bridgehead atoms. The lowest BCUT2D eigenvalue weighted by Crippen LogP contribution is -2.32. The van der Waals surface area contributed by atoms with Gasteiger partial charge in [-0.3, -0.25) is 9.69 Å². The zero-order chi connectivity index (χ0) is 19.9. The number of amides is 1. The fourth-order valence-electron chi connectivity index (χ4n) is 3.05. The number of halogens is 1. The van der Waals surface area contributed by atoms with Crippen LogP contribution in [0.2, 0.25) is 0 Å². The van der Waals surface area contributed by atoms with E-state index >= 15 is 0 Å². The molecule has 1 heterocycles. The zero-order valence-corrected chi connectivity index (χ0v) is 16.5. The van der Waals surface area contributed by atoms with Gasteiger partial charge in [0.15, 0.2) is 0 Å². The van der Waals surface area contributed by atoms with Gasteiger partial charge in [0.25, 0.3) is 0 Å². The summed E-state index contributed by atoms with van der Waals surface area (Å²) in [6.07, 6.45) is 3.17. The highest BCUT2D eigenvalue weighted by Crippen LogP contribution is 2.22. The van der Waals surface area contributed by atoms with Crippen LogP contribution in [0.25, 0.3) is 5.57 Å². The Morgan fingerprint density at radius 2 is 1.86 bits per heavy atom. The average molecular weight is 382 g/mol. The van der Waals surface area contributed by atoms with Crippen LogP contribution in [0.15, 0.2) is 54.6 Å². The molecule has 3 rings (SSSR count). The van der Waals surface area contributed by atoms with Crippen LogP contribution < -0.4 is 10.1 Å². The van der Waals surface area contributed by atoms with E-state index in [1.165, 1.54) is 17.7 Å². The molecule has 5 heteroatoms. The molecule has 0 radical (unpaired) electrons. The van der Waals surface area contributed by atoms with E-state index < -0.39 is 0 Å². The molecular weight excluding hydrogens is 355 g/mol. The van der Waals surface area contributed by atoms with Crippen molar-refractivity contribution in [2.75, 3.05) is 31.6 Å². The molecule has 0 atom stereocenters. The first kappa shape index (κ1) is 20.1. The summed E-state index contributed by atoms with van der Waals surface area (Å²) in [6, 6.07) is 14.2. The highest BCUT2D eigenvalue weighted by atomic mass is 19.1. The van der Waals surface area contributed by atoms with Crippen LogP contribution in [-0.2, 0) is 4.79 Å². The van der Waals surface area contributed by atoms with Crippen LogP contribution >= 0.6 is 0 Å². The number of rotatable bonds is 7. The van der Waals surface area contributed by atoms with E-state index in [1.54, 1.807) is 0 Å². The molecule has 0 saturated heterocycles. The quantitative estimate of drug-likeness (QED) is 0.762. The van der Waals surface area contributed by atoms with Gasteiger partial charge in [0, 0.05) is 31.2 Å². The van der Waals surface area contributed by atoms with E-state index in [0.29, 0.717) is 6.61 Å². The number of hydrogen-bond acceptors (Lipinski definition) is 3. The first-order valence-corrected chi connectivity index (χ1v) is 9.72. The van der Waals surface area contributed by atoms with E-state index in [-0.39, 0.29) is 17.6 Å². The molecule has 0 aliphatic carbocycles. The summed E-state index contributed by atoms with van der Waals surface area (Å²) < 4.78 is 18.9. The number of ether oxygens (including phenoxy) is 1. The first-order valence-electron chi connectivity index (χ1n) is 9.72. The van der Waals surface area contributed by atoms with Gasteiger partial charge in [-0.15, -0.1) is 0 Å². The maximum atomic E-state index is 13.0. The Morgan fingerprint density at radius 1 is 1.14 bits per heavy atom. The minimum atomic E-state index is -0.200. The lowest BCUT2D eigenvalue weighted by atomic mass is 9.99. The molecule has 1 aliphatic rings. The van der Waals surface area contributed by atoms with Crippen molar-refractivity contribution in [1.29, 1.82) is 0 Å². The van der Waals surface area contributed by atoms with E-state index in [2.05, 4.69) is 16.3 Å². The molecule has 0 aromatic heterocycles. The van der Waals surface area contributed by atoms with Gasteiger partial charge in [0.2, 0.25) is 5.91 Å². The first-order chi connectivity index (χ1) is 13.5. The highest BCUT2D eigenvalue weighted by Gasteiger charge is 2.13. The molecule has 28 heavy (non-hydrogen) atoms. The normalized spacial score (nSPS) is 14.6. The van der Waals surface area contributed by atoms with Crippen molar-refractivity contribution < 1.29 is 13.9 Å². The smallest absolute Gasteiger partial charge is 0.226 e. The minimum Gasteiger partial charge on any atom is -0.492 e. The Morgan fingerprint density at radius 3 is 2.46 bits per heavy atom. The third kappa shape index (κ3) is 5.67. The molecule has 1 amide bonds. The standard InChI is InChI=1S/C23H27FN2O2/c1-17(2)23(27)25-21-7-9-22(10-8-21)28-16-15-26-13-11-19(12-14-26)18-3-5-20(24)6-4-18/h3-11,17H,12-16H2,1-2H3,(H,25,27). The second kappa shape index (κ2) is 9.51. The van der Waals surface area contributed by atoms with Crippen molar-refractivity contribution in [3.8, 4) is 5.75 Å². The minimum absolute atomic E-state index is 0.00632. The SMILES string of the molecule is CC(C)C(=O)Nc1ccc(OCCN2CC=C(c3ccc(F)cc3)CC2)cc1. The number of anilines is 1. The molecule has 1 aliphatic heterocycles. The van der Waals surface area contributed by atoms with Crippen LogP contribution in [0, 0.1) is 11.7 Å². The number of nitrogens with one attached hydrogen (secondary N) is 1. The van der Waals surface area contributed by atoms with Gasteiger partial charge >= 0.3 is 0 Å². The summed E-state index contributed by atoms with van der Waals surface area (Å²) in [5.74, 6) is 0.557. The van der Waals surface area contributed by atoms with E-state index in [4.69, 9.17) is 4.74 Å². The Kier molecular flexibility index (Phi) is 6.82. The van der Waals surface area contributed by atoms with Gasteiger partial charge < -0.3 is 10.1 Å². The molecule has 2 aromatic rings. The van der Waals surface area contributed by atoms with Crippen LogP contribution in [0.5, 0.6) is 5.75 Å². The zero-order valence-electron chi connectivity index (χ0n) is 16.5. The van der Waals surface area contributed by atoms with Gasteiger partial charge in [-0.2, -0.15) is 0 Å². The summed E-state index contributed by atoms with van der Waals surface area (Å²) in [6.45, 7) is 7.02. The van der Waals surface area contributed by atoms with Crippen molar-refractivity contribution in [1.82, 2.24) is 4.90 Å². The predicted octanol–water partition coefficient (Wildman–Crippen LogP) is 4.59. The summed E-state index contributed by atoms with van der Waals surface area (Å²) in [7, 11) is 0. The van der Waals surface area contributed by atoms with Crippen LogP contribution in [0.4, 0.5) is 10.1 Å². The third-order valence-electron chi connectivity index (χ3n) is 4.83. The second-order valence-electron chi connectivity index (χ2n) is 7.30. The average Bonchev–Trinajstić information content (AvgIpc) is 2.70. The number of hydrogen-bond donors (Lipinski definition) is 1. The summed E-state index contributed by atoms with van der Waals surface area (Å²) in [5.41, 5.74) is 3.15. The molecule has 148 valence electrons. The van der Waals surface area contributed by atoms with E-state index in [0.717, 1.165) is 43.1 Å². The number of carbonyl (C=O) groups excluding carboxylic acids is 1. The Labute approximate surface area is 166 Å². The van der Waals surface area contributed by atoms with Gasteiger partial charge in [-0.25, -0.2) is 4.39 Å². The maximum absolute atomic E-state index is 13.0. The molecule has 0 unspecified atom stereocenters. The van der Waals surface area contributed by atoms with Crippen molar-refractivity contribution >= 4 is 17.2 Å². The highest BCUT2D eigenvalue weighted by molar-refractivity contribution is 5.92. The lowest BCUT2D eigenvalue weighted by molar-refractivity contribution is -0.118. The summed E-state index contributed by atoms with van der Waals surface area (Å²) in [4.78, 5) is 14.0. The van der Waals surface area contributed by atoms with Gasteiger partial charge in [0.05, 0.1) is 0 Å². The second-order valence-corrected chi connectivity index (χ2v) is 7.30. The Hall–Kier alpha value is -2.66. The van der Waals surface area contributed by atoms with E-state index in [1.807, 2.05) is 50.2 Å². The molecule has 4 nitrogen and oxygen atoms in total. The van der Waals surface area contributed by atoms with Crippen molar-refractivity contribution in [2.45, 2.75) is 20.3 Å². The van der Waals surface area contributed by atoms with Crippen molar-refractivity contribution in [3.05, 3.63) is 66.0 Å². The van der Waals surface area contributed by atoms with Crippen LogP contribution in [0.1, 0.15) is 25.8 Å². The number of carbonyl (C=O) groups is 1. The fraction of sp³-hybridized carbons (Fsp3) is 0.348. The lowest BCUT2D eigenvalue weighted by Gasteiger charge is -2.26. The van der Waals surface area contributed by atoms with Gasteiger partial charge in [-0.05, 0) is 54.0 Å². The molecule has 0 saturated carbocycles. The maximum Gasteiger partial charge on any atom is 0.226 e. The molecule has 1 N–H and O–H groups in total. The Bertz CT molecular complexity index is 814. The fourth-order valence-corrected chi connectivity index (χ4v) is 3.05. The monoisotopic (exact) mass is 382 g/mol. The molecule has 0 spiro atoms. The predicted molar refractivity (Wildman–Crippen MR) is 111 cm³/mol. The third-order valence-corrected chi connectivity index (χ3v) is 4.83. The van der Waals surface area contributed by atoms with E-state index in [9.17, 15) is 9.18 Å². The van der Waals surface area contributed by atoms with Gasteiger partial charge in [-0.1, -0.05) is 32.1 Å². The van der Waals surface area contributed by atoms with Crippen molar-refractivity contribution in [2.24, 2.45) is 5.92 Å². The topological polar surface area (TPSA) is 41.6 Å². The number of benzene rings is 2. The number of nitrogens with zero attached hydrogens (tertiary/aromatic N) is 1.